The lowest BCUT2D eigenvalue weighted by Gasteiger charge is -2.23. The summed E-state index contributed by atoms with van der Waals surface area (Å²) in [7, 11) is 0. The first-order valence-corrected chi connectivity index (χ1v) is 13.7. The second-order valence-corrected chi connectivity index (χ2v) is 10.9. The Morgan fingerprint density at radius 1 is 1.13 bits per heavy atom. The molecule has 4 heterocycles. The predicted molar refractivity (Wildman–Crippen MR) is 149 cm³/mol. The van der Waals surface area contributed by atoms with Crippen molar-refractivity contribution in [3.8, 4) is 11.1 Å². The number of halogens is 7. The van der Waals surface area contributed by atoms with Gasteiger partial charge in [0.15, 0.2) is 11.3 Å². The molecule has 0 aliphatic heterocycles. The Labute approximate surface area is 254 Å². The second-order valence-electron chi connectivity index (χ2n) is 10.9. The predicted octanol–water partition coefficient (Wildman–Crippen LogP) is 4.61. The number of rotatable bonds is 7. The molecule has 5 aromatic rings. The van der Waals surface area contributed by atoms with E-state index in [4.69, 9.17) is 5.73 Å². The van der Waals surface area contributed by atoms with Gasteiger partial charge in [0.1, 0.15) is 23.9 Å². The highest BCUT2D eigenvalue weighted by Gasteiger charge is 2.50. The maximum atomic E-state index is 14.7. The van der Waals surface area contributed by atoms with Crippen LogP contribution in [0.1, 0.15) is 46.4 Å². The summed E-state index contributed by atoms with van der Waals surface area (Å²) in [5.74, 6) is -6.52. The van der Waals surface area contributed by atoms with Gasteiger partial charge < -0.3 is 11.1 Å². The van der Waals surface area contributed by atoms with Crippen molar-refractivity contribution in [2.75, 3.05) is 5.73 Å². The van der Waals surface area contributed by atoms with Crippen LogP contribution in [0.4, 0.5) is 36.4 Å². The number of aromatic amines is 1. The number of hydrogen-bond acceptors (Lipinski definition) is 6. The fourth-order valence-electron chi connectivity index (χ4n) is 5.86. The Morgan fingerprint density at radius 3 is 2.54 bits per heavy atom. The molecule has 1 unspecified atom stereocenters. The maximum Gasteiger partial charge on any atom is 0.435 e. The number of aryl methyl sites for hydroxylation is 1. The highest BCUT2D eigenvalue weighted by molar-refractivity contribution is 5.78. The van der Waals surface area contributed by atoms with Crippen molar-refractivity contribution in [1.29, 1.82) is 0 Å². The number of benzene rings is 1. The molecule has 17 heteroatoms. The molecule has 6 rings (SSSR count). The summed E-state index contributed by atoms with van der Waals surface area (Å²) in [6.07, 6.45) is -5.53. The summed E-state index contributed by atoms with van der Waals surface area (Å²) in [6.45, 7) is 0.584. The Hall–Kier alpha value is -5.22. The van der Waals surface area contributed by atoms with Gasteiger partial charge in [-0.1, -0.05) is 0 Å². The normalized spacial score (nSPS) is 14.9. The maximum absolute atomic E-state index is 14.7. The molecule has 0 fully saturated rings. The van der Waals surface area contributed by atoms with Crippen molar-refractivity contribution in [2.45, 2.75) is 50.9 Å². The van der Waals surface area contributed by atoms with E-state index in [0.717, 1.165) is 12.1 Å². The number of pyridine rings is 2. The third-order valence-corrected chi connectivity index (χ3v) is 7.73. The number of alkyl halides is 5. The van der Waals surface area contributed by atoms with Crippen LogP contribution < -0.4 is 16.7 Å². The summed E-state index contributed by atoms with van der Waals surface area (Å²) < 4.78 is 100. The van der Waals surface area contributed by atoms with Gasteiger partial charge in [-0.3, -0.25) is 14.5 Å². The van der Waals surface area contributed by atoms with Gasteiger partial charge in [0.25, 0.3) is 5.92 Å². The van der Waals surface area contributed by atoms with Crippen LogP contribution >= 0.6 is 0 Å². The lowest BCUT2D eigenvalue weighted by Crippen LogP contribution is -2.35. The number of carbonyl (C=O) groups is 1. The monoisotopic (exact) mass is 648 g/mol. The molecule has 240 valence electrons. The molecule has 4 N–H and O–H groups in total. The molecule has 10 nitrogen and oxygen atoms in total. The van der Waals surface area contributed by atoms with Crippen LogP contribution in [0.15, 0.2) is 47.4 Å². The van der Waals surface area contributed by atoms with Crippen molar-refractivity contribution in [3.63, 3.8) is 0 Å². The third-order valence-electron chi connectivity index (χ3n) is 7.73. The minimum atomic E-state index is -5.03. The van der Waals surface area contributed by atoms with E-state index in [2.05, 4.69) is 25.6 Å². The van der Waals surface area contributed by atoms with Crippen LogP contribution in [-0.4, -0.2) is 35.3 Å². The number of nitrogens with two attached hydrogens (primary N) is 1. The van der Waals surface area contributed by atoms with E-state index in [9.17, 15) is 40.3 Å². The van der Waals surface area contributed by atoms with Crippen molar-refractivity contribution < 1.29 is 35.5 Å². The zero-order chi connectivity index (χ0) is 33.1. The standard InChI is InChI=1S/C29H23F7N8O2/c1-13-18(2-3-22-40-41-27(46)44(13)22)20-10-17(37)11-38-24(20)21(8-14-6-15(30)9-16(31)7-14)39-23(45)12-43-26-19(4-5-28(26,32)33)25(42-43)29(34,35)36/h2-3,6-7,9-11,21H,4-5,8,12,37H2,1H3,(H,39,45)(H,41,46). The summed E-state index contributed by atoms with van der Waals surface area (Å²) in [6, 6.07) is 6.06. The first-order chi connectivity index (χ1) is 21.6. The molecule has 0 bridgehead atoms. The number of nitrogens with one attached hydrogen (secondary N) is 2. The zero-order valence-corrected chi connectivity index (χ0v) is 23.7. The molecule has 1 amide bonds. The van der Waals surface area contributed by atoms with Gasteiger partial charge in [0.05, 0.1) is 23.6 Å². The number of nitrogens with zero attached hydrogens (tertiary/aromatic N) is 5. The average Bonchev–Trinajstić information content (AvgIpc) is 3.61. The zero-order valence-electron chi connectivity index (χ0n) is 23.7. The average molecular weight is 649 g/mol. The summed E-state index contributed by atoms with van der Waals surface area (Å²) >= 11 is 0. The number of amides is 1. The molecule has 0 saturated carbocycles. The molecule has 0 saturated heterocycles. The number of carbonyl (C=O) groups excluding carboxylic acids is 1. The fourth-order valence-corrected chi connectivity index (χ4v) is 5.86. The van der Waals surface area contributed by atoms with E-state index < -0.39 is 77.7 Å². The molecule has 1 aromatic carbocycles. The lowest BCUT2D eigenvalue weighted by atomic mass is 9.94. The van der Waals surface area contributed by atoms with E-state index in [1.54, 1.807) is 13.0 Å². The molecule has 1 atom stereocenters. The first-order valence-electron chi connectivity index (χ1n) is 13.7. The Morgan fingerprint density at radius 2 is 1.85 bits per heavy atom. The molecule has 1 aliphatic carbocycles. The van der Waals surface area contributed by atoms with E-state index >= 15 is 0 Å². The first kappa shape index (κ1) is 30.8. The highest BCUT2D eigenvalue weighted by Crippen LogP contribution is 2.46. The largest absolute Gasteiger partial charge is 0.435 e. The Kier molecular flexibility index (Phi) is 7.36. The van der Waals surface area contributed by atoms with Crippen LogP contribution in [0.25, 0.3) is 16.8 Å². The van der Waals surface area contributed by atoms with Crippen molar-refractivity contribution in [2.24, 2.45) is 0 Å². The number of hydrogen-bond donors (Lipinski definition) is 3. The molecule has 1 aliphatic rings. The topological polar surface area (TPSA) is 136 Å². The van der Waals surface area contributed by atoms with Gasteiger partial charge in [-0.2, -0.15) is 32.1 Å². The number of H-pyrrole nitrogens is 1. The van der Waals surface area contributed by atoms with Crippen LogP contribution in [0.3, 0.4) is 0 Å². The SMILES string of the molecule is Cc1c(-c2cc(N)cnc2C(Cc2cc(F)cc(F)c2)NC(=O)Cn2nc(C(F)(F)F)c3c2C(F)(F)CC3)ccc2n[nH]c(=O)n12. The van der Waals surface area contributed by atoms with E-state index in [0.29, 0.717) is 33.2 Å². The van der Waals surface area contributed by atoms with Gasteiger partial charge in [-0.25, -0.2) is 23.1 Å². The second kappa shape index (κ2) is 11.0. The minimum absolute atomic E-state index is 0.0662. The van der Waals surface area contributed by atoms with Crippen molar-refractivity contribution >= 4 is 17.2 Å². The van der Waals surface area contributed by atoms with Crippen molar-refractivity contribution in [1.82, 2.24) is 34.7 Å². The van der Waals surface area contributed by atoms with Gasteiger partial charge >= 0.3 is 11.9 Å². The highest BCUT2D eigenvalue weighted by atomic mass is 19.4. The van der Waals surface area contributed by atoms with E-state index in [1.807, 2.05) is 0 Å². The van der Waals surface area contributed by atoms with Gasteiger partial charge in [0.2, 0.25) is 5.91 Å². The minimum Gasteiger partial charge on any atom is -0.397 e. The summed E-state index contributed by atoms with van der Waals surface area (Å²) in [5, 5.41) is 12.1. The number of anilines is 1. The van der Waals surface area contributed by atoms with Crippen LogP contribution in [0.5, 0.6) is 0 Å². The molecular weight excluding hydrogens is 625 g/mol. The summed E-state index contributed by atoms with van der Waals surface area (Å²) in [4.78, 5) is 30.2. The van der Waals surface area contributed by atoms with Gasteiger partial charge in [0, 0.05) is 34.9 Å². The number of nitrogen functional groups attached to an aromatic ring is 1. The molecule has 46 heavy (non-hydrogen) atoms. The quantitative estimate of drug-likeness (QED) is 0.221. The summed E-state index contributed by atoms with van der Waals surface area (Å²) in [5.41, 5.74) is 4.04. The van der Waals surface area contributed by atoms with E-state index in [-0.39, 0.29) is 23.4 Å². The molecule has 0 spiro atoms. The number of fused-ring (bicyclic) bond motifs is 2. The number of aromatic nitrogens is 6. The van der Waals surface area contributed by atoms with Gasteiger partial charge in [-0.05, 0) is 55.7 Å². The van der Waals surface area contributed by atoms with E-state index in [1.165, 1.54) is 22.7 Å². The molecule has 4 aromatic heterocycles. The van der Waals surface area contributed by atoms with Gasteiger partial charge in [-0.15, -0.1) is 0 Å². The van der Waals surface area contributed by atoms with Crippen molar-refractivity contribution in [3.05, 3.63) is 98.6 Å². The fraction of sp³-hybridized carbons (Fsp3) is 0.276. The Balaban J connectivity index is 1.43. The lowest BCUT2D eigenvalue weighted by molar-refractivity contribution is -0.142. The molecular formula is C29H23F7N8O2. The Bertz CT molecular complexity index is 2040. The smallest absolute Gasteiger partial charge is 0.397 e. The van der Waals surface area contributed by atoms with Crippen LogP contribution in [0.2, 0.25) is 0 Å². The third kappa shape index (κ3) is 5.56. The van der Waals surface area contributed by atoms with Crippen LogP contribution in [-0.2, 0) is 36.3 Å². The molecule has 0 radical (unpaired) electrons. The van der Waals surface area contributed by atoms with Crippen LogP contribution in [0, 0.1) is 18.6 Å².